The molecule has 1 aliphatic rings. The highest BCUT2D eigenvalue weighted by Crippen LogP contribution is 2.46. The SMILES string of the molecule is Cn1cc(S(=O)(=O)NC2(C)CC(F)(F)C2)c(F)c1C(=O)Nc1ccnc(Cl)c1F. The van der Waals surface area contributed by atoms with Crippen LogP contribution in [0.4, 0.5) is 23.2 Å². The number of rotatable bonds is 5. The molecular formula is C16H15ClF4N4O3S. The summed E-state index contributed by atoms with van der Waals surface area (Å²) in [6.07, 6.45) is 0.464. The highest BCUT2D eigenvalue weighted by molar-refractivity contribution is 7.89. The fourth-order valence-corrected chi connectivity index (χ4v) is 4.94. The van der Waals surface area contributed by atoms with E-state index in [0.717, 1.165) is 23.0 Å². The van der Waals surface area contributed by atoms with Crippen molar-refractivity contribution >= 4 is 33.2 Å². The van der Waals surface area contributed by atoms with Crippen molar-refractivity contribution in [3.63, 3.8) is 0 Å². The zero-order valence-electron chi connectivity index (χ0n) is 15.1. The van der Waals surface area contributed by atoms with Crippen molar-refractivity contribution < 1.29 is 30.8 Å². The summed E-state index contributed by atoms with van der Waals surface area (Å²) in [7, 11) is -3.35. The molecule has 0 saturated heterocycles. The molecule has 0 aromatic carbocycles. The molecule has 0 atom stereocenters. The number of alkyl halides is 2. The minimum atomic E-state index is -4.55. The number of sulfonamides is 1. The van der Waals surface area contributed by atoms with Gasteiger partial charge in [-0.3, -0.25) is 4.79 Å². The van der Waals surface area contributed by atoms with Crippen LogP contribution in [0.25, 0.3) is 0 Å². The quantitative estimate of drug-likeness (QED) is 0.536. The Kier molecular flexibility index (Phi) is 5.16. The van der Waals surface area contributed by atoms with Gasteiger partial charge in [-0.15, -0.1) is 0 Å². The second-order valence-corrected chi connectivity index (χ2v) is 9.07. The van der Waals surface area contributed by atoms with E-state index in [1.165, 1.54) is 14.0 Å². The van der Waals surface area contributed by atoms with Crippen LogP contribution in [0.5, 0.6) is 0 Å². The Balaban J connectivity index is 1.88. The summed E-state index contributed by atoms with van der Waals surface area (Å²) in [6.45, 7) is 1.27. The summed E-state index contributed by atoms with van der Waals surface area (Å²) >= 11 is 5.51. The zero-order valence-corrected chi connectivity index (χ0v) is 16.6. The van der Waals surface area contributed by atoms with Crippen LogP contribution in [0.3, 0.4) is 0 Å². The van der Waals surface area contributed by atoms with Gasteiger partial charge in [-0.2, -0.15) is 0 Å². The van der Waals surface area contributed by atoms with Gasteiger partial charge in [0.2, 0.25) is 10.0 Å². The highest BCUT2D eigenvalue weighted by Gasteiger charge is 2.55. The first-order chi connectivity index (χ1) is 13.2. The van der Waals surface area contributed by atoms with Gasteiger partial charge in [0.15, 0.2) is 16.8 Å². The molecule has 2 heterocycles. The summed E-state index contributed by atoms with van der Waals surface area (Å²) in [5, 5.41) is 1.56. The van der Waals surface area contributed by atoms with Crippen LogP contribution < -0.4 is 10.0 Å². The molecule has 2 aromatic rings. The molecule has 158 valence electrons. The maximum absolute atomic E-state index is 14.8. The highest BCUT2D eigenvalue weighted by atomic mass is 35.5. The third-order valence-electron chi connectivity index (χ3n) is 4.37. The normalized spacial score (nSPS) is 17.6. The van der Waals surface area contributed by atoms with Crippen LogP contribution in [0.2, 0.25) is 5.15 Å². The van der Waals surface area contributed by atoms with Gasteiger partial charge < -0.3 is 9.88 Å². The Labute approximate surface area is 168 Å². The first-order valence-electron chi connectivity index (χ1n) is 8.13. The molecule has 1 fully saturated rings. The van der Waals surface area contributed by atoms with Crippen molar-refractivity contribution in [1.82, 2.24) is 14.3 Å². The van der Waals surface area contributed by atoms with Gasteiger partial charge in [0, 0.05) is 37.8 Å². The summed E-state index contributed by atoms with van der Waals surface area (Å²) in [5.74, 6) is -6.61. The average Bonchev–Trinajstić information content (AvgIpc) is 2.84. The molecule has 0 unspecified atom stereocenters. The summed E-state index contributed by atoms with van der Waals surface area (Å²) in [6, 6.07) is 1.08. The summed E-state index contributed by atoms with van der Waals surface area (Å²) < 4.78 is 82.8. The van der Waals surface area contributed by atoms with Crippen molar-refractivity contribution in [2.45, 2.75) is 36.1 Å². The Morgan fingerprint density at radius 3 is 2.48 bits per heavy atom. The number of anilines is 1. The molecule has 2 aromatic heterocycles. The lowest BCUT2D eigenvalue weighted by molar-refractivity contribution is -0.121. The van der Waals surface area contributed by atoms with E-state index in [0.29, 0.717) is 0 Å². The first kappa shape index (κ1) is 21.5. The molecule has 0 radical (unpaired) electrons. The molecule has 0 bridgehead atoms. The number of nitrogens with zero attached hydrogens (tertiary/aromatic N) is 2. The van der Waals surface area contributed by atoms with Crippen LogP contribution >= 0.6 is 11.6 Å². The van der Waals surface area contributed by atoms with Crippen LogP contribution in [0.15, 0.2) is 23.4 Å². The van der Waals surface area contributed by atoms with E-state index in [4.69, 9.17) is 11.6 Å². The molecule has 13 heteroatoms. The van der Waals surface area contributed by atoms with Gasteiger partial charge in [-0.1, -0.05) is 11.6 Å². The minimum absolute atomic E-state index is 0.387. The number of aromatic nitrogens is 2. The van der Waals surface area contributed by atoms with Crippen molar-refractivity contribution in [1.29, 1.82) is 0 Å². The average molecular weight is 455 g/mol. The van der Waals surface area contributed by atoms with Crippen molar-refractivity contribution in [2.24, 2.45) is 7.05 Å². The lowest BCUT2D eigenvalue weighted by Gasteiger charge is -2.44. The number of hydrogen-bond acceptors (Lipinski definition) is 4. The Morgan fingerprint density at radius 1 is 1.28 bits per heavy atom. The van der Waals surface area contributed by atoms with Crippen molar-refractivity contribution in [2.75, 3.05) is 5.32 Å². The molecule has 7 nitrogen and oxygen atoms in total. The fraction of sp³-hybridized carbons (Fsp3) is 0.375. The lowest BCUT2D eigenvalue weighted by Crippen LogP contribution is -2.60. The van der Waals surface area contributed by atoms with Gasteiger partial charge in [0.05, 0.1) is 5.69 Å². The molecule has 1 amide bonds. The minimum Gasteiger partial charge on any atom is -0.343 e. The second-order valence-electron chi connectivity index (χ2n) is 7.06. The first-order valence-corrected chi connectivity index (χ1v) is 9.99. The molecule has 29 heavy (non-hydrogen) atoms. The van der Waals surface area contributed by atoms with Gasteiger partial charge >= 0.3 is 0 Å². The van der Waals surface area contributed by atoms with Gasteiger partial charge in [0.1, 0.15) is 10.6 Å². The number of pyridine rings is 1. The Hall–Kier alpha value is -2.18. The van der Waals surface area contributed by atoms with E-state index in [9.17, 15) is 30.8 Å². The number of nitrogens with one attached hydrogen (secondary N) is 2. The van der Waals surface area contributed by atoms with Gasteiger partial charge in [-0.25, -0.2) is 35.7 Å². The molecule has 2 N–H and O–H groups in total. The van der Waals surface area contributed by atoms with E-state index in [2.05, 4.69) is 10.3 Å². The third-order valence-corrected chi connectivity index (χ3v) is 6.25. The monoisotopic (exact) mass is 454 g/mol. The van der Waals surface area contributed by atoms with E-state index in [1.807, 2.05) is 4.72 Å². The zero-order chi connectivity index (χ0) is 21.8. The molecular weight excluding hydrogens is 440 g/mol. The topological polar surface area (TPSA) is 93.1 Å². The van der Waals surface area contributed by atoms with E-state index in [-0.39, 0.29) is 5.69 Å². The largest absolute Gasteiger partial charge is 0.343 e. The molecule has 0 spiro atoms. The number of hydrogen-bond donors (Lipinski definition) is 2. The van der Waals surface area contributed by atoms with Crippen LogP contribution in [0, 0.1) is 11.6 Å². The molecule has 1 aliphatic carbocycles. The number of amides is 1. The maximum atomic E-state index is 14.8. The number of carbonyl (C=O) groups is 1. The maximum Gasteiger partial charge on any atom is 0.275 e. The van der Waals surface area contributed by atoms with Crippen LogP contribution in [-0.4, -0.2) is 35.3 Å². The second kappa shape index (κ2) is 6.96. The fourth-order valence-electron chi connectivity index (χ4n) is 3.25. The Bertz CT molecular complexity index is 1100. The summed E-state index contributed by atoms with van der Waals surface area (Å²) in [5.41, 5.74) is -2.53. The third kappa shape index (κ3) is 4.09. The van der Waals surface area contributed by atoms with Crippen LogP contribution in [-0.2, 0) is 17.1 Å². The van der Waals surface area contributed by atoms with E-state index in [1.54, 1.807) is 0 Å². The molecule has 3 rings (SSSR count). The molecule has 1 saturated carbocycles. The van der Waals surface area contributed by atoms with Crippen molar-refractivity contribution in [3.8, 4) is 0 Å². The lowest BCUT2D eigenvalue weighted by atomic mass is 9.76. The Morgan fingerprint density at radius 2 is 1.90 bits per heavy atom. The predicted molar refractivity (Wildman–Crippen MR) is 95.4 cm³/mol. The smallest absolute Gasteiger partial charge is 0.275 e. The summed E-state index contributed by atoms with van der Waals surface area (Å²) in [4.78, 5) is 15.0. The molecule has 0 aliphatic heterocycles. The van der Waals surface area contributed by atoms with Gasteiger partial charge in [0.25, 0.3) is 11.8 Å². The van der Waals surface area contributed by atoms with Crippen molar-refractivity contribution in [3.05, 3.63) is 40.9 Å². The predicted octanol–water partition coefficient (Wildman–Crippen LogP) is 3.07. The number of aryl methyl sites for hydroxylation is 1. The van der Waals surface area contributed by atoms with Gasteiger partial charge in [-0.05, 0) is 13.0 Å². The van der Waals surface area contributed by atoms with E-state index >= 15 is 0 Å². The number of carbonyl (C=O) groups excluding carboxylic acids is 1. The number of halogens is 5. The van der Waals surface area contributed by atoms with E-state index < -0.39 is 67.6 Å². The standard InChI is InChI=1S/C16H15ClF4N4O3S/c1-15(6-16(20,21)7-15)24-29(27,28)9-5-25(2)12(11(9)19)14(26)23-8-3-4-22-13(17)10(8)18/h3-5,24H,6-7H2,1-2H3,(H,22,23,26). The van der Waals surface area contributed by atoms with Crippen LogP contribution in [0.1, 0.15) is 30.3 Å².